The lowest BCUT2D eigenvalue weighted by molar-refractivity contribution is 0.135. The summed E-state index contributed by atoms with van der Waals surface area (Å²) < 4.78 is 27.2. The van der Waals surface area contributed by atoms with Crippen molar-refractivity contribution in [3.05, 3.63) is 22.7 Å². The molecule has 0 aromatic heterocycles. The van der Waals surface area contributed by atoms with Gasteiger partial charge in [-0.3, -0.25) is 4.90 Å². The highest BCUT2D eigenvalue weighted by Crippen LogP contribution is 2.29. The summed E-state index contributed by atoms with van der Waals surface area (Å²) in [5.41, 5.74) is 6.68. The number of aryl methyl sites for hydroxylation is 1. The predicted molar refractivity (Wildman–Crippen MR) is 86.1 cm³/mol. The molecule has 0 radical (unpaired) electrons. The van der Waals surface area contributed by atoms with Crippen molar-refractivity contribution in [3.63, 3.8) is 0 Å². The minimum atomic E-state index is -3.53. The van der Waals surface area contributed by atoms with Crippen molar-refractivity contribution in [2.75, 3.05) is 31.9 Å². The van der Waals surface area contributed by atoms with E-state index in [-0.39, 0.29) is 10.9 Å². The Morgan fingerprint density at radius 3 is 2.62 bits per heavy atom. The van der Waals surface area contributed by atoms with E-state index in [9.17, 15) is 8.42 Å². The van der Waals surface area contributed by atoms with Crippen LogP contribution in [-0.2, 0) is 10.0 Å². The van der Waals surface area contributed by atoms with Crippen molar-refractivity contribution in [2.45, 2.75) is 31.7 Å². The highest BCUT2D eigenvalue weighted by molar-refractivity contribution is 7.89. The van der Waals surface area contributed by atoms with Crippen LogP contribution in [0.15, 0.2) is 17.0 Å². The largest absolute Gasteiger partial charge is 0.397 e. The average Bonchev–Trinajstić information content (AvgIpc) is 2.42. The lowest BCUT2D eigenvalue weighted by Crippen LogP contribution is -2.53. The first-order valence-corrected chi connectivity index (χ1v) is 8.89. The van der Waals surface area contributed by atoms with Crippen molar-refractivity contribution < 1.29 is 8.42 Å². The maximum Gasteiger partial charge on any atom is 0.243 e. The first-order valence-electron chi connectivity index (χ1n) is 7.07. The van der Waals surface area contributed by atoms with Gasteiger partial charge in [0.1, 0.15) is 0 Å². The summed E-state index contributed by atoms with van der Waals surface area (Å²) >= 11 is 5.94. The summed E-state index contributed by atoms with van der Waals surface area (Å²) in [6.45, 7) is 8.56. The van der Waals surface area contributed by atoms with Gasteiger partial charge in [-0.15, -0.1) is 0 Å². The Morgan fingerprint density at radius 1 is 1.38 bits per heavy atom. The van der Waals surface area contributed by atoms with E-state index in [1.165, 1.54) is 6.07 Å². The van der Waals surface area contributed by atoms with E-state index in [1.54, 1.807) is 17.3 Å². The lowest BCUT2D eigenvalue weighted by Gasteiger charge is -2.38. The second-order valence-corrected chi connectivity index (χ2v) is 7.79. The standard InChI is InChI=1S/C14H22ClN3O2S/c1-4-17-5-6-18(9-11(17)3)21(19,20)14-8-13(16)12(15)7-10(14)2/h7-8,11H,4-6,9,16H2,1-3H3. The number of piperazine rings is 1. The van der Waals surface area contributed by atoms with Gasteiger partial charge < -0.3 is 5.73 Å². The van der Waals surface area contributed by atoms with Gasteiger partial charge in [-0.2, -0.15) is 4.31 Å². The molecule has 1 atom stereocenters. The molecule has 0 aliphatic carbocycles. The molecule has 1 aliphatic heterocycles. The van der Waals surface area contributed by atoms with Crippen LogP contribution in [-0.4, -0.2) is 49.8 Å². The minimum absolute atomic E-state index is 0.212. The lowest BCUT2D eigenvalue weighted by atomic mass is 10.2. The van der Waals surface area contributed by atoms with Gasteiger partial charge in [0, 0.05) is 25.7 Å². The molecular formula is C14H22ClN3O2S. The molecule has 1 aromatic carbocycles. The molecule has 7 heteroatoms. The van der Waals surface area contributed by atoms with Crippen molar-refractivity contribution in [3.8, 4) is 0 Å². The minimum Gasteiger partial charge on any atom is -0.397 e. The molecule has 118 valence electrons. The third kappa shape index (κ3) is 3.18. The van der Waals surface area contributed by atoms with Crippen LogP contribution in [0.4, 0.5) is 5.69 Å². The molecule has 0 spiro atoms. The Labute approximate surface area is 131 Å². The van der Waals surface area contributed by atoms with E-state index in [2.05, 4.69) is 11.8 Å². The first-order chi connectivity index (χ1) is 9.77. The van der Waals surface area contributed by atoms with E-state index < -0.39 is 10.0 Å². The number of halogens is 1. The van der Waals surface area contributed by atoms with Gasteiger partial charge in [0.2, 0.25) is 10.0 Å². The van der Waals surface area contributed by atoms with Crippen LogP contribution < -0.4 is 5.73 Å². The number of nitrogen functional groups attached to an aromatic ring is 1. The van der Waals surface area contributed by atoms with Crippen LogP contribution >= 0.6 is 11.6 Å². The maximum atomic E-state index is 12.8. The molecule has 1 unspecified atom stereocenters. The number of hydrogen-bond acceptors (Lipinski definition) is 4. The van der Waals surface area contributed by atoms with Crippen LogP contribution in [0.3, 0.4) is 0 Å². The topological polar surface area (TPSA) is 66.6 Å². The first kappa shape index (κ1) is 16.5. The highest BCUT2D eigenvalue weighted by Gasteiger charge is 2.32. The fraction of sp³-hybridized carbons (Fsp3) is 0.571. The summed E-state index contributed by atoms with van der Waals surface area (Å²) in [6, 6.07) is 3.28. The monoisotopic (exact) mass is 331 g/mol. The zero-order valence-electron chi connectivity index (χ0n) is 12.6. The number of sulfonamides is 1. The van der Waals surface area contributed by atoms with Gasteiger partial charge in [0.25, 0.3) is 0 Å². The number of benzene rings is 1. The number of anilines is 1. The molecule has 2 rings (SSSR count). The van der Waals surface area contributed by atoms with E-state index in [4.69, 9.17) is 17.3 Å². The second kappa shape index (κ2) is 6.12. The van der Waals surface area contributed by atoms with E-state index in [0.717, 1.165) is 13.1 Å². The second-order valence-electron chi connectivity index (χ2n) is 5.48. The molecule has 0 bridgehead atoms. The van der Waals surface area contributed by atoms with Gasteiger partial charge >= 0.3 is 0 Å². The number of nitrogens with two attached hydrogens (primary N) is 1. The maximum absolute atomic E-state index is 12.8. The Morgan fingerprint density at radius 2 is 2.05 bits per heavy atom. The molecule has 1 heterocycles. The van der Waals surface area contributed by atoms with Crippen molar-refractivity contribution in [1.82, 2.24) is 9.21 Å². The third-order valence-electron chi connectivity index (χ3n) is 4.05. The van der Waals surface area contributed by atoms with E-state index >= 15 is 0 Å². The molecule has 2 N–H and O–H groups in total. The summed E-state index contributed by atoms with van der Waals surface area (Å²) in [5.74, 6) is 0. The summed E-state index contributed by atoms with van der Waals surface area (Å²) in [6.07, 6.45) is 0. The van der Waals surface area contributed by atoms with Crippen LogP contribution in [0, 0.1) is 6.92 Å². The molecule has 0 saturated carbocycles. The molecular weight excluding hydrogens is 310 g/mol. The Hall–Kier alpha value is -0.820. The normalized spacial score (nSPS) is 21.6. The molecule has 1 saturated heterocycles. The van der Waals surface area contributed by atoms with Gasteiger partial charge in [-0.1, -0.05) is 18.5 Å². The smallest absolute Gasteiger partial charge is 0.243 e. The molecule has 1 fully saturated rings. The van der Waals surface area contributed by atoms with Crippen LogP contribution in [0.1, 0.15) is 19.4 Å². The Kier molecular flexibility index (Phi) is 4.82. The van der Waals surface area contributed by atoms with Gasteiger partial charge in [0.15, 0.2) is 0 Å². The number of hydrogen-bond donors (Lipinski definition) is 1. The molecule has 1 aliphatic rings. The zero-order chi connectivity index (χ0) is 15.8. The summed E-state index contributed by atoms with van der Waals surface area (Å²) in [5, 5.41) is 0.385. The average molecular weight is 332 g/mol. The zero-order valence-corrected chi connectivity index (χ0v) is 14.2. The SMILES string of the molecule is CCN1CCN(S(=O)(=O)c2cc(N)c(Cl)cc2C)CC1C. The van der Waals surface area contributed by atoms with E-state index in [1.807, 2.05) is 6.92 Å². The molecule has 0 amide bonds. The fourth-order valence-corrected chi connectivity index (χ4v) is 4.71. The summed E-state index contributed by atoms with van der Waals surface area (Å²) in [7, 11) is -3.53. The molecule has 5 nitrogen and oxygen atoms in total. The number of rotatable bonds is 3. The Bertz CT molecular complexity index is 633. The van der Waals surface area contributed by atoms with Crippen molar-refractivity contribution >= 4 is 27.3 Å². The van der Waals surface area contributed by atoms with Crippen LogP contribution in [0.25, 0.3) is 0 Å². The molecule has 21 heavy (non-hydrogen) atoms. The van der Waals surface area contributed by atoms with Gasteiger partial charge in [0.05, 0.1) is 15.6 Å². The van der Waals surface area contributed by atoms with E-state index in [0.29, 0.717) is 29.4 Å². The van der Waals surface area contributed by atoms with Crippen LogP contribution in [0.5, 0.6) is 0 Å². The van der Waals surface area contributed by atoms with Gasteiger partial charge in [-0.05, 0) is 38.1 Å². The predicted octanol–water partition coefficient (Wildman–Crippen LogP) is 1.95. The number of likely N-dealkylation sites (N-methyl/N-ethyl adjacent to an activating group) is 1. The van der Waals surface area contributed by atoms with Crippen molar-refractivity contribution in [1.29, 1.82) is 0 Å². The quantitative estimate of drug-likeness (QED) is 0.860. The van der Waals surface area contributed by atoms with Crippen LogP contribution in [0.2, 0.25) is 5.02 Å². The number of nitrogens with zero attached hydrogens (tertiary/aromatic N) is 2. The Balaban J connectivity index is 2.33. The molecule has 1 aromatic rings. The highest BCUT2D eigenvalue weighted by atomic mass is 35.5. The van der Waals surface area contributed by atoms with Gasteiger partial charge in [-0.25, -0.2) is 8.42 Å². The van der Waals surface area contributed by atoms with Crippen molar-refractivity contribution in [2.24, 2.45) is 0 Å². The summed E-state index contributed by atoms with van der Waals surface area (Å²) in [4.78, 5) is 2.52. The third-order valence-corrected chi connectivity index (χ3v) is 6.38. The fourth-order valence-electron chi connectivity index (χ4n) is 2.74.